The van der Waals surface area contributed by atoms with Gasteiger partial charge < -0.3 is 19.9 Å². The summed E-state index contributed by atoms with van der Waals surface area (Å²) in [5, 5.41) is 19.8. The Morgan fingerprint density at radius 3 is 2.58 bits per heavy atom. The highest BCUT2D eigenvalue weighted by molar-refractivity contribution is 5.88. The molecule has 1 aromatic carbocycles. The Morgan fingerprint density at radius 2 is 1.84 bits per heavy atom. The Hall–Kier alpha value is -3.83. The van der Waals surface area contributed by atoms with Crippen molar-refractivity contribution >= 4 is 35.9 Å². The number of halogens is 1. The van der Waals surface area contributed by atoms with Crippen LogP contribution >= 0.6 is 12.4 Å². The number of amides is 2. The van der Waals surface area contributed by atoms with E-state index in [4.69, 9.17) is 4.74 Å². The van der Waals surface area contributed by atoms with E-state index < -0.39 is 0 Å². The molecule has 12 heteroatoms. The first-order valence-corrected chi connectivity index (χ1v) is 15.7. The number of piperidine rings is 1. The fourth-order valence-corrected chi connectivity index (χ4v) is 6.51. The molecule has 2 N–H and O–H groups in total. The third kappa shape index (κ3) is 7.20. The van der Waals surface area contributed by atoms with Crippen LogP contribution in [0.3, 0.4) is 0 Å². The molecule has 1 aliphatic heterocycles. The number of hydrogen-bond donors (Lipinski definition) is 2. The zero-order valence-corrected chi connectivity index (χ0v) is 28.0. The summed E-state index contributed by atoms with van der Waals surface area (Å²) in [6, 6.07) is 13.7. The first-order valence-electron chi connectivity index (χ1n) is 15.7. The topological polar surface area (TPSA) is 105 Å². The number of ether oxygens (including phenoxy) is 1. The molecule has 4 aromatic rings. The summed E-state index contributed by atoms with van der Waals surface area (Å²) in [7, 11) is 6.11. The van der Waals surface area contributed by atoms with Crippen molar-refractivity contribution in [3.63, 3.8) is 0 Å². The molecule has 4 heterocycles. The van der Waals surface area contributed by atoms with E-state index in [9.17, 15) is 4.79 Å². The lowest BCUT2D eigenvalue weighted by molar-refractivity contribution is 0.171. The van der Waals surface area contributed by atoms with Crippen molar-refractivity contribution in [3.05, 3.63) is 65.5 Å². The fourth-order valence-electron chi connectivity index (χ4n) is 6.51. The molecule has 1 fully saturated rings. The van der Waals surface area contributed by atoms with Crippen LogP contribution in [0.4, 0.5) is 16.6 Å². The standard InChI is InChI=1S/C33H45N9O2.ClH/c1-33(2,3)28-18-30(40(6)38-28)35-31(43)34-26-14-15-27(25-12-8-7-11-24(25)26)44-23-13-16-29-36-37-32(42(29)21-23)41-17-9-10-22(20-41)19-39(4)5;/h7-8,11-13,16,18,21-22,26-27H,9-10,14-15,17,19-20H2,1-6H3,(H2,34,35,43);1H/t22-,26-,27+;/m0./s1. The minimum absolute atomic E-state index is 0. The van der Waals surface area contributed by atoms with Gasteiger partial charge in [-0.25, -0.2) is 4.79 Å². The number of aryl methyl sites for hydroxylation is 1. The smallest absolute Gasteiger partial charge is 0.320 e. The minimum Gasteiger partial charge on any atom is -0.484 e. The first kappa shape index (κ1) is 32.6. The van der Waals surface area contributed by atoms with Gasteiger partial charge in [-0.1, -0.05) is 45.0 Å². The predicted molar refractivity (Wildman–Crippen MR) is 180 cm³/mol. The van der Waals surface area contributed by atoms with Crippen LogP contribution in [0.25, 0.3) is 5.65 Å². The number of nitrogens with zero attached hydrogens (tertiary/aromatic N) is 7. The monoisotopic (exact) mass is 635 g/mol. The number of benzene rings is 1. The maximum absolute atomic E-state index is 13.1. The average Bonchev–Trinajstić information content (AvgIpc) is 3.57. The van der Waals surface area contributed by atoms with Gasteiger partial charge in [0.15, 0.2) is 5.65 Å². The van der Waals surface area contributed by atoms with Gasteiger partial charge in [0.1, 0.15) is 17.7 Å². The molecule has 0 unspecified atom stereocenters. The van der Waals surface area contributed by atoms with Crippen molar-refractivity contribution in [3.8, 4) is 5.75 Å². The first-order chi connectivity index (χ1) is 21.0. The average molecular weight is 636 g/mol. The van der Waals surface area contributed by atoms with Crippen molar-refractivity contribution in [2.24, 2.45) is 13.0 Å². The molecule has 242 valence electrons. The second kappa shape index (κ2) is 13.3. The Bertz CT molecular complexity index is 1630. The maximum atomic E-state index is 13.1. The molecule has 2 amide bonds. The number of anilines is 2. The third-order valence-electron chi connectivity index (χ3n) is 8.69. The molecule has 11 nitrogen and oxygen atoms in total. The van der Waals surface area contributed by atoms with Gasteiger partial charge in [0, 0.05) is 38.2 Å². The van der Waals surface area contributed by atoms with Crippen LogP contribution in [0.15, 0.2) is 48.7 Å². The number of rotatable bonds is 7. The zero-order valence-electron chi connectivity index (χ0n) is 27.2. The van der Waals surface area contributed by atoms with Crippen LogP contribution in [0.5, 0.6) is 5.75 Å². The van der Waals surface area contributed by atoms with Crippen LogP contribution < -0.4 is 20.3 Å². The van der Waals surface area contributed by atoms with E-state index in [1.165, 1.54) is 6.42 Å². The Morgan fingerprint density at radius 1 is 1.07 bits per heavy atom. The summed E-state index contributed by atoms with van der Waals surface area (Å²) in [5.74, 6) is 2.92. The van der Waals surface area contributed by atoms with Gasteiger partial charge in [-0.15, -0.1) is 22.6 Å². The van der Waals surface area contributed by atoms with Gasteiger partial charge in [-0.05, 0) is 69.0 Å². The molecular weight excluding hydrogens is 590 g/mol. The Kier molecular flexibility index (Phi) is 9.60. The normalized spacial score (nSPS) is 20.1. The number of carbonyl (C=O) groups excluding carboxylic acids is 1. The number of hydrogen-bond acceptors (Lipinski definition) is 7. The maximum Gasteiger partial charge on any atom is 0.320 e. The summed E-state index contributed by atoms with van der Waals surface area (Å²) in [5.41, 5.74) is 3.80. The largest absolute Gasteiger partial charge is 0.484 e. The van der Waals surface area contributed by atoms with Crippen molar-refractivity contribution < 1.29 is 9.53 Å². The number of aromatic nitrogens is 5. The number of urea groups is 1. The van der Waals surface area contributed by atoms with E-state index in [1.54, 1.807) is 4.68 Å². The fraction of sp³-hybridized carbons (Fsp3) is 0.515. The lowest BCUT2D eigenvalue weighted by Crippen LogP contribution is -2.40. The Balaban J connectivity index is 0.00000400. The van der Waals surface area contributed by atoms with E-state index in [1.807, 2.05) is 43.6 Å². The second-order valence-corrected chi connectivity index (χ2v) is 13.6. The van der Waals surface area contributed by atoms with Crippen molar-refractivity contribution in [1.29, 1.82) is 0 Å². The van der Waals surface area contributed by atoms with Gasteiger partial charge >= 0.3 is 6.03 Å². The highest BCUT2D eigenvalue weighted by atomic mass is 35.5. The molecule has 1 aliphatic carbocycles. The van der Waals surface area contributed by atoms with Crippen LogP contribution in [-0.2, 0) is 12.5 Å². The van der Waals surface area contributed by atoms with E-state index in [0.717, 1.165) is 73.1 Å². The molecule has 3 aromatic heterocycles. The SMILES string of the molecule is CN(C)C[C@@H]1CCCN(c2nnc3ccc(O[C@@H]4CC[C@H](NC(=O)Nc5cc(C(C)(C)C)nn5C)c5ccccc54)cn23)C1.Cl. The number of pyridine rings is 1. The van der Waals surface area contributed by atoms with E-state index in [-0.39, 0.29) is 36.0 Å². The van der Waals surface area contributed by atoms with Gasteiger partial charge in [-0.3, -0.25) is 14.4 Å². The summed E-state index contributed by atoms with van der Waals surface area (Å²) < 4.78 is 10.4. The number of carbonyl (C=O) groups is 1. The van der Waals surface area contributed by atoms with Crippen LogP contribution in [0.1, 0.15) is 75.4 Å². The summed E-state index contributed by atoms with van der Waals surface area (Å²) >= 11 is 0. The highest BCUT2D eigenvalue weighted by Crippen LogP contribution is 2.39. The lowest BCUT2D eigenvalue weighted by Gasteiger charge is -2.34. The molecule has 0 radical (unpaired) electrons. The zero-order chi connectivity index (χ0) is 31.0. The van der Waals surface area contributed by atoms with E-state index in [2.05, 4.69) is 87.1 Å². The van der Waals surface area contributed by atoms with Gasteiger partial charge in [0.25, 0.3) is 0 Å². The number of fused-ring (bicyclic) bond motifs is 2. The van der Waals surface area contributed by atoms with Crippen LogP contribution in [-0.4, -0.2) is 69.0 Å². The summed E-state index contributed by atoms with van der Waals surface area (Å²) in [6.07, 6.45) is 5.80. The molecule has 2 aliphatic rings. The Labute approximate surface area is 271 Å². The van der Waals surface area contributed by atoms with Crippen molar-refractivity contribution in [1.82, 2.24) is 34.6 Å². The number of nitrogens with one attached hydrogen (secondary N) is 2. The summed E-state index contributed by atoms with van der Waals surface area (Å²) in [6.45, 7) is 9.34. The molecule has 45 heavy (non-hydrogen) atoms. The predicted octanol–water partition coefficient (Wildman–Crippen LogP) is 5.74. The van der Waals surface area contributed by atoms with Gasteiger partial charge in [0.05, 0.1) is 17.9 Å². The van der Waals surface area contributed by atoms with Crippen molar-refractivity contribution in [2.45, 2.75) is 64.0 Å². The molecule has 3 atom stereocenters. The third-order valence-corrected chi connectivity index (χ3v) is 8.69. The molecule has 6 rings (SSSR count). The van der Waals surface area contributed by atoms with Gasteiger partial charge in [0.2, 0.25) is 5.95 Å². The molecular formula is C33H46ClN9O2. The van der Waals surface area contributed by atoms with E-state index >= 15 is 0 Å². The quantitative estimate of drug-likeness (QED) is 0.267. The molecule has 1 saturated heterocycles. The van der Waals surface area contributed by atoms with Crippen LogP contribution in [0, 0.1) is 5.92 Å². The van der Waals surface area contributed by atoms with Crippen LogP contribution in [0.2, 0.25) is 0 Å². The second-order valence-electron chi connectivity index (χ2n) is 13.6. The van der Waals surface area contributed by atoms with E-state index in [0.29, 0.717) is 11.7 Å². The molecule has 0 saturated carbocycles. The lowest BCUT2D eigenvalue weighted by atomic mass is 9.85. The van der Waals surface area contributed by atoms with Gasteiger partial charge in [-0.2, -0.15) is 5.10 Å². The molecule has 0 spiro atoms. The molecule has 0 bridgehead atoms. The van der Waals surface area contributed by atoms with Crippen molar-refractivity contribution in [2.75, 3.05) is 43.9 Å². The highest BCUT2D eigenvalue weighted by Gasteiger charge is 2.30. The summed E-state index contributed by atoms with van der Waals surface area (Å²) in [4.78, 5) is 17.7. The minimum atomic E-state index is -0.247.